The molecule has 6 heteroatoms. The topological polar surface area (TPSA) is 56.9 Å². The van der Waals surface area contributed by atoms with E-state index in [-0.39, 0.29) is 11.9 Å². The predicted molar refractivity (Wildman–Crippen MR) is 106 cm³/mol. The summed E-state index contributed by atoms with van der Waals surface area (Å²) in [4.78, 5) is 17.8. The molecule has 1 fully saturated rings. The fourth-order valence-corrected chi connectivity index (χ4v) is 5.13. The number of piperazine rings is 1. The summed E-state index contributed by atoms with van der Waals surface area (Å²) in [6.07, 6.45) is 2.07. The van der Waals surface area contributed by atoms with Gasteiger partial charge < -0.3 is 14.4 Å². The molecule has 2 aromatic rings. The van der Waals surface area contributed by atoms with Gasteiger partial charge in [0.25, 0.3) is 5.91 Å². The van der Waals surface area contributed by atoms with Crippen molar-refractivity contribution in [2.45, 2.75) is 42.6 Å². The van der Waals surface area contributed by atoms with Gasteiger partial charge in [0, 0.05) is 42.4 Å². The van der Waals surface area contributed by atoms with Crippen molar-refractivity contribution in [1.29, 1.82) is 0 Å². The molecule has 5 nitrogen and oxygen atoms in total. The van der Waals surface area contributed by atoms with Crippen molar-refractivity contribution in [3.63, 3.8) is 0 Å². The molecular weight excluding hydrogens is 360 g/mol. The molecule has 1 aromatic carbocycles. The molecule has 0 aliphatic carbocycles. The smallest absolute Gasteiger partial charge is 0.289 e. The molecule has 1 N–H and O–H groups in total. The van der Waals surface area contributed by atoms with Crippen LogP contribution in [0, 0.1) is 0 Å². The lowest BCUT2D eigenvalue weighted by molar-refractivity contribution is 0.0233. The molecule has 2 aliphatic rings. The zero-order chi connectivity index (χ0) is 19.0. The van der Waals surface area contributed by atoms with Crippen molar-refractivity contribution >= 4 is 17.7 Å². The molecule has 4 rings (SSSR count). The average molecular weight is 387 g/mol. The van der Waals surface area contributed by atoms with Crippen LogP contribution in [0.15, 0.2) is 45.9 Å². The number of furan rings is 1. The average Bonchev–Trinajstić information content (AvgIpc) is 3.34. The van der Waals surface area contributed by atoms with Crippen LogP contribution in [0.3, 0.4) is 0 Å². The van der Waals surface area contributed by atoms with Crippen LogP contribution in [0.4, 0.5) is 0 Å². The largest absolute Gasteiger partial charge is 0.459 e. The number of hydrogen-bond acceptors (Lipinski definition) is 5. The van der Waals surface area contributed by atoms with E-state index in [1.54, 1.807) is 12.1 Å². The van der Waals surface area contributed by atoms with E-state index in [1.807, 2.05) is 16.7 Å². The SMILES string of the molecule is CC1Cc2cc(C(O)C(C)N3CCN(C(=O)c4ccco4)CC3)ccc2S1. The van der Waals surface area contributed by atoms with Crippen molar-refractivity contribution in [2.24, 2.45) is 0 Å². The molecule has 27 heavy (non-hydrogen) atoms. The summed E-state index contributed by atoms with van der Waals surface area (Å²) in [5, 5.41) is 11.5. The van der Waals surface area contributed by atoms with Crippen molar-refractivity contribution in [1.82, 2.24) is 9.80 Å². The van der Waals surface area contributed by atoms with Crippen molar-refractivity contribution in [3.8, 4) is 0 Å². The number of nitrogens with zero attached hydrogens (tertiary/aromatic N) is 2. The molecule has 1 saturated heterocycles. The van der Waals surface area contributed by atoms with Gasteiger partial charge in [-0.25, -0.2) is 0 Å². The first-order valence-corrected chi connectivity index (χ1v) is 10.5. The van der Waals surface area contributed by atoms with Crippen LogP contribution in [-0.4, -0.2) is 58.3 Å². The number of aliphatic hydroxyl groups excluding tert-OH is 1. The number of carbonyl (C=O) groups is 1. The minimum Gasteiger partial charge on any atom is -0.459 e. The molecule has 3 heterocycles. The first-order chi connectivity index (χ1) is 13.0. The Hall–Kier alpha value is -1.76. The molecule has 2 aliphatic heterocycles. The fourth-order valence-electron chi connectivity index (χ4n) is 3.99. The van der Waals surface area contributed by atoms with Gasteiger partial charge in [-0.3, -0.25) is 9.69 Å². The summed E-state index contributed by atoms with van der Waals surface area (Å²) >= 11 is 1.91. The highest BCUT2D eigenvalue weighted by atomic mass is 32.2. The summed E-state index contributed by atoms with van der Waals surface area (Å²) in [6.45, 7) is 7.11. The second kappa shape index (κ2) is 7.70. The number of amides is 1. The normalized spacial score (nSPS) is 22.5. The van der Waals surface area contributed by atoms with Crippen LogP contribution in [0.2, 0.25) is 0 Å². The Morgan fingerprint density at radius 1 is 1.26 bits per heavy atom. The molecule has 1 aromatic heterocycles. The Balaban J connectivity index is 1.37. The minimum atomic E-state index is -0.525. The Morgan fingerprint density at radius 3 is 2.74 bits per heavy atom. The quantitative estimate of drug-likeness (QED) is 0.875. The number of hydrogen-bond donors (Lipinski definition) is 1. The van der Waals surface area contributed by atoms with Gasteiger partial charge in [-0.15, -0.1) is 11.8 Å². The lowest BCUT2D eigenvalue weighted by Crippen LogP contribution is -2.52. The van der Waals surface area contributed by atoms with Gasteiger partial charge in [-0.1, -0.05) is 19.1 Å². The van der Waals surface area contributed by atoms with Gasteiger partial charge in [0.15, 0.2) is 5.76 Å². The zero-order valence-electron chi connectivity index (χ0n) is 15.8. The van der Waals surface area contributed by atoms with Crippen LogP contribution >= 0.6 is 11.8 Å². The molecule has 1 amide bonds. The van der Waals surface area contributed by atoms with Crippen molar-refractivity contribution in [3.05, 3.63) is 53.5 Å². The molecule has 144 valence electrons. The van der Waals surface area contributed by atoms with Gasteiger partial charge in [-0.2, -0.15) is 0 Å². The molecule has 0 bridgehead atoms. The van der Waals surface area contributed by atoms with Gasteiger partial charge in [0.05, 0.1) is 12.4 Å². The number of benzene rings is 1. The minimum absolute atomic E-state index is 0.00962. The first-order valence-electron chi connectivity index (χ1n) is 9.57. The number of carbonyl (C=O) groups excluding carboxylic acids is 1. The van der Waals surface area contributed by atoms with Gasteiger partial charge in [0.2, 0.25) is 0 Å². The summed E-state index contributed by atoms with van der Waals surface area (Å²) in [7, 11) is 0. The summed E-state index contributed by atoms with van der Waals surface area (Å²) in [5.74, 6) is 0.333. The van der Waals surface area contributed by atoms with E-state index < -0.39 is 6.10 Å². The van der Waals surface area contributed by atoms with Crippen LogP contribution in [0.25, 0.3) is 0 Å². The standard InChI is InChI=1S/C21H26N2O3S/c1-14-12-17-13-16(5-6-19(17)27-14)20(24)15(2)22-7-9-23(10-8-22)21(25)18-4-3-11-26-18/h3-6,11,13-15,20,24H,7-10,12H2,1-2H3. The molecule has 0 saturated carbocycles. The number of thioether (sulfide) groups is 1. The highest BCUT2D eigenvalue weighted by molar-refractivity contribution is 8.00. The third kappa shape index (κ3) is 3.79. The van der Waals surface area contributed by atoms with E-state index >= 15 is 0 Å². The van der Waals surface area contributed by atoms with Gasteiger partial charge in [0.1, 0.15) is 0 Å². The zero-order valence-corrected chi connectivity index (χ0v) is 16.6. The monoisotopic (exact) mass is 386 g/mol. The highest BCUT2D eigenvalue weighted by Gasteiger charge is 2.30. The lowest BCUT2D eigenvalue weighted by Gasteiger charge is -2.39. The maximum atomic E-state index is 12.4. The Kier molecular flexibility index (Phi) is 5.30. The number of rotatable bonds is 4. The van der Waals surface area contributed by atoms with E-state index in [2.05, 4.69) is 36.9 Å². The van der Waals surface area contributed by atoms with Crippen LogP contribution in [0.1, 0.15) is 41.6 Å². The second-order valence-corrected chi connectivity index (χ2v) is 8.97. The fraction of sp³-hybridized carbons (Fsp3) is 0.476. The maximum Gasteiger partial charge on any atom is 0.289 e. The van der Waals surface area contributed by atoms with Crippen LogP contribution in [-0.2, 0) is 6.42 Å². The Morgan fingerprint density at radius 2 is 2.04 bits per heavy atom. The molecule has 3 atom stereocenters. The Labute approximate surface area is 164 Å². The molecule has 3 unspecified atom stereocenters. The lowest BCUT2D eigenvalue weighted by atomic mass is 9.98. The third-order valence-corrected chi connectivity index (χ3v) is 6.85. The van der Waals surface area contributed by atoms with E-state index in [9.17, 15) is 9.90 Å². The van der Waals surface area contributed by atoms with Crippen molar-refractivity contribution < 1.29 is 14.3 Å². The summed E-state index contributed by atoms with van der Waals surface area (Å²) < 4.78 is 5.22. The summed E-state index contributed by atoms with van der Waals surface area (Å²) in [5.41, 5.74) is 2.34. The predicted octanol–water partition coefficient (Wildman–Crippen LogP) is 3.20. The highest BCUT2D eigenvalue weighted by Crippen LogP contribution is 2.38. The second-order valence-electron chi connectivity index (χ2n) is 7.49. The van der Waals surface area contributed by atoms with Crippen LogP contribution < -0.4 is 0 Å². The third-order valence-electron chi connectivity index (χ3n) is 5.63. The summed E-state index contributed by atoms with van der Waals surface area (Å²) in [6, 6.07) is 9.82. The first kappa shape index (κ1) is 18.6. The van der Waals surface area contributed by atoms with Gasteiger partial charge in [-0.05, 0) is 42.7 Å². The Bertz CT molecular complexity index is 800. The molecule has 0 spiro atoms. The van der Waals surface area contributed by atoms with E-state index in [0.717, 1.165) is 25.1 Å². The van der Waals surface area contributed by atoms with E-state index in [4.69, 9.17) is 4.42 Å². The van der Waals surface area contributed by atoms with E-state index in [0.29, 0.717) is 24.1 Å². The van der Waals surface area contributed by atoms with Gasteiger partial charge >= 0.3 is 0 Å². The van der Waals surface area contributed by atoms with E-state index in [1.165, 1.54) is 16.7 Å². The number of fused-ring (bicyclic) bond motifs is 1. The molecular formula is C21H26N2O3S. The van der Waals surface area contributed by atoms with Crippen LogP contribution in [0.5, 0.6) is 0 Å². The molecule has 0 radical (unpaired) electrons. The number of aliphatic hydroxyl groups is 1. The van der Waals surface area contributed by atoms with Crippen molar-refractivity contribution in [2.75, 3.05) is 26.2 Å². The maximum absolute atomic E-state index is 12.4.